The number of carbonyl (C=O) groups excluding carboxylic acids is 2. The fourth-order valence-corrected chi connectivity index (χ4v) is 6.90. The molecule has 2 aliphatic heterocycles. The van der Waals surface area contributed by atoms with E-state index in [1.165, 1.54) is 34.9 Å². The highest BCUT2D eigenvalue weighted by molar-refractivity contribution is 7.98. The zero-order valence-electron chi connectivity index (χ0n) is 19.5. The molecule has 4 atom stereocenters. The van der Waals surface area contributed by atoms with E-state index < -0.39 is 41.5 Å². The number of carboxylic acids is 1. The van der Waals surface area contributed by atoms with Crippen LogP contribution in [-0.2, 0) is 19.1 Å². The molecule has 0 unspecified atom stereocenters. The summed E-state index contributed by atoms with van der Waals surface area (Å²) in [5.41, 5.74) is -0.498. The molecule has 1 fully saturated rings. The Bertz CT molecular complexity index is 1180. The number of hydrogen-bond donors (Lipinski definition) is 2. The van der Waals surface area contributed by atoms with E-state index in [-0.39, 0.29) is 24.8 Å². The van der Waals surface area contributed by atoms with Crippen molar-refractivity contribution in [3.05, 3.63) is 23.1 Å². The molecule has 1 amide bonds. The second kappa shape index (κ2) is 8.90. The van der Waals surface area contributed by atoms with Crippen LogP contribution in [0.15, 0.2) is 23.2 Å². The number of aliphatic hydroxyl groups is 1. The number of imidazole rings is 1. The van der Waals surface area contributed by atoms with Crippen molar-refractivity contribution in [2.24, 2.45) is 11.3 Å². The molecule has 0 aliphatic carbocycles. The largest absolute Gasteiger partial charge is 0.508 e. The van der Waals surface area contributed by atoms with Crippen LogP contribution >= 0.6 is 23.1 Å². The summed E-state index contributed by atoms with van der Waals surface area (Å²) in [6, 6.07) is -0.578. The molecule has 0 saturated carbocycles. The van der Waals surface area contributed by atoms with Crippen LogP contribution in [0.25, 0.3) is 10.4 Å². The highest BCUT2D eigenvalue weighted by Gasteiger charge is 2.66. The average Bonchev–Trinajstić information content (AvgIpc) is 3.35. The van der Waals surface area contributed by atoms with Crippen molar-refractivity contribution in [1.29, 1.82) is 0 Å². The van der Waals surface area contributed by atoms with Gasteiger partial charge in [-0.15, -0.1) is 23.1 Å². The summed E-state index contributed by atoms with van der Waals surface area (Å²) < 4.78 is 12.1. The molecule has 4 rings (SSSR count). The normalized spacial score (nSPS) is 25.0. The number of thiazole rings is 1. The first-order chi connectivity index (χ1) is 16.0. The second-order valence-corrected chi connectivity index (χ2v) is 10.8. The number of carbonyl (C=O) groups is 3. The number of aliphatic carboxylic acids is 1. The summed E-state index contributed by atoms with van der Waals surface area (Å²) in [6.45, 7) is 6.77. The molecule has 10 nitrogen and oxygen atoms in total. The van der Waals surface area contributed by atoms with Gasteiger partial charge in [0.1, 0.15) is 21.9 Å². The van der Waals surface area contributed by atoms with Crippen molar-refractivity contribution >= 4 is 51.5 Å². The Hall–Kier alpha value is -2.57. The van der Waals surface area contributed by atoms with Crippen molar-refractivity contribution in [2.75, 3.05) is 12.9 Å². The number of hydrogen-bond acceptors (Lipinski definition) is 9. The van der Waals surface area contributed by atoms with Crippen LogP contribution < -0.4 is 0 Å². The van der Waals surface area contributed by atoms with Crippen molar-refractivity contribution in [1.82, 2.24) is 14.3 Å². The Morgan fingerprint density at radius 1 is 1.35 bits per heavy atom. The van der Waals surface area contributed by atoms with Gasteiger partial charge in [0.25, 0.3) is 0 Å². The van der Waals surface area contributed by atoms with Crippen LogP contribution in [0, 0.1) is 11.3 Å². The van der Waals surface area contributed by atoms with Crippen molar-refractivity contribution in [3.8, 4) is 0 Å². The highest BCUT2D eigenvalue weighted by Crippen LogP contribution is 2.60. The van der Waals surface area contributed by atoms with Gasteiger partial charge in [-0.05, 0) is 33.4 Å². The van der Waals surface area contributed by atoms with Gasteiger partial charge in [-0.2, -0.15) is 0 Å². The summed E-state index contributed by atoms with van der Waals surface area (Å²) in [4.78, 5) is 44.5. The molecule has 0 bridgehead atoms. The zero-order chi connectivity index (χ0) is 24.9. The fraction of sp³-hybridized carbons (Fsp3) is 0.545. The van der Waals surface area contributed by atoms with E-state index in [4.69, 9.17) is 9.47 Å². The van der Waals surface area contributed by atoms with E-state index in [2.05, 4.69) is 4.98 Å². The fourth-order valence-electron chi connectivity index (χ4n) is 4.94. The Kier molecular flexibility index (Phi) is 6.42. The molecule has 2 N–H and O–H groups in total. The molecule has 2 aromatic rings. The lowest BCUT2D eigenvalue weighted by Crippen LogP contribution is -2.66. The number of amides is 1. The van der Waals surface area contributed by atoms with Crippen LogP contribution in [0.1, 0.15) is 39.0 Å². The maximum absolute atomic E-state index is 12.9. The number of aliphatic hydroxyl groups excluding tert-OH is 1. The number of rotatable bonds is 8. The lowest BCUT2D eigenvalue weighted by atomic mass is 9.66. The Morgan fingerprint density at radius 3 is 2.65 bits per heavy atom. The van der Waals surface area contributed by atoms with Crippen molar-refractivity contribution in [3.63, 3.8) is 0 Å². The molecular formula is C22H27N3O7S2. The van der Waals surface area contributed by atoms with Gasteiger partial charge in [0.05, 0.1) is 35.7 Å². The smallest absolute Gasteiger partial charge is 0.477 e. The van der Waals surface area contributed by atoms with Gasteiger partial charge in [-0.3, -0.25) is 9.20 Å². The minimum Gasteiger partial charge on any atom is -0.477 e. The molecule has 0 aromatic carbocycles. The number of carboxylic acid groups (broad SMARTS) is 1. The Morgan fingerprint density at radius 2 is 2.06 bits per heavy atom. The third kappa shape index (κ3) is 3.77. The first-order valence-corrected chi connectivity index (χ1v) is 12.9. The van der Waals surface area contributed by atoms with Gasteiger partial charge in [-0.25, -0.2) is 14.6 Å². The van der Waals surface area contributed by atoms with E-state index in [0.29, 0.717) is 10.5 Å². The van der Waals surface area contributed by atoms with Gasteiger partial charge in [-0.1, -0.05) is 6.92 Å². The van der Waals surface area contributed by atoms with E-state index in [1.54, 1.807) is 20.2 Å². The molecule has 2 aromatic heterocycles. The first-order valence-electron chi connectivity index (χ1n) is 10.8. The second-order valence-electron chi connectivity index (χ2n) is 8.94. The number of ether oxygens (including phenoxy) is 2. The third-order valence-electron chi connectivity index (χ3n) is 6.36. The number of β-lactam (4-membered cyclic amide) rings is 1. The van der Waals surface area contributed by atoms with Crippen LogP contribution in [0.5, 0.6) is 0 Å². The van der Waals surface area contributed by atoms with Crippen LogP contribution in [0.3, 0.4) is 0 Å². The average molecular weight is 510 g/mol. The minimum atomic E-state index is -1.22. The van der Waals surface area contributed by atoms with Gasteiger partial charge >= 0.3 is 12.1 Å². The zero-order valence-corrected chi connectivity index (χ0v) is 21.1. The molecule has 12 heteroatoms. The summed E-state index contributed by atoms with van der Waals surface area (Å²) in [5.74, 6) is -2.40. The monoisotopic (exact) mass is 509 g/mol. The summed E-state index contributed by atoms with van der Waals surface area (Å²) >= 11 is 2.88. The third-order valence-corrected chi connectivity index (χ3v) is 8.30. The summed E-state index contributed by atoms with van der Waals surface area (Å²) in [6.07, 6.45) is 3.52. The van der Waals surface area contributed by atoms with Gasteiger partial charge in [0.15, 0.2) is 0 Å². The Labute approximate surface area is 204 Å². The lowest BCUT2D eigenvalue weighted by molar-refractivity contribution is -0.167. The van der Waals surface area contributed by atoms with E-state index >= 15 is 0 Å². The number of fused-ring (bicyclic) bond motifs is 2. The first kappa shape index (κ1) is 24.6. The molecule has 0 radical (unpaired) electrons. The molecule has 2 aliphatic rings. The number of aromatic nitrogens is 2. The van der Waals surface area contributed by atoms with Crippen molar-refractivity contribution in [2.45, 2.75) is 57.4 Å². The molecule has 4 heterocycles. The molecular weight excluding hydrogens is 482 g/mol. The standard InChI is InChI=1S/C22H27N3O7S2/c1-10(2)32-21(30)31-7-6-22(4)14(12-8-24-9-23-17(33-5)19(24)34-12)15(20(28)29)25-16(22)13(11(3)26)18(25)27/h8-11,13,16,26H,6-7H2,1-5H3,(H,28,29)/t11-,13-,16-,22+/m1/s1. The minimum absolute atomic E-state index is 0.0363. The van der Waals surface area contributed by atoms with Crippen LogP contribution in [0.2, 0.25) is 0 Å². The number of thioether (sulfide) groups is 1. The van der Waals surface area contributed by atoms with Gasteiger partial charge < -0.3 is 24.6 Å². The lowest BCUT2D eigenvalue weighted by Gasteiger charge is -2.50. The van der Waals surface area contributed by atoms with Crippen molar-refractivity contribution < 1.29 is 34.1 Å². The van der Waals surface area contributed by atoms with Crippen LogP contribution in [0.4, 0.5) is 4.79 Å². The maximum Gasteiger partial charge on any atom is 0.508 e. The Balaban J connectivity index is 1.78. The molecule has 184 valence electrons. The van der Waals surface area contributed by atoms with Gasteiger partial charge in [0.2, 0.25) is 5.91 Å². The number of nitrogens with zero attached hydrogens (tertiary/aromatic N) is 3. The summed E-state index contributed by atoms with van der Waals surface area (Å²) in [5, 5.41) is 21.3. The SMILES string of the molecule is CSc1ncn2cc(C3=C(C(=O)O)N4C(=O)[C@H]([C@@H](C)O)[C@@H]4[C@@]3(C)CCOC(=O)OC(C)C)sc12. The topological polar surface area (TPSA) is 131 Å². The van der Waals surface area contributed by atoms with E-state index in [0.717, 1.165) is 9.86 Å². The van der Waals surface area contributed by atoms with Gasteiger partial charge in [0, 0.05) is 17.2 Å². The van der Waals surface area contributed by atoms with E-state index in [1.807, 2.05) is 23.8 Å². The quantitative estimate of drug-likeness (QED) is 0.313. The maximum atomic E-state index is 12.9. The van der Waals surface area contributed by atoms with Crippen LogP contribution in [-0.4, -0.2) is 73.6 Å². The highest BCUT2D eigenvalue weighted by atomic mass is 32.2. The van der Waals surface area contributed by atoms with E-state index in [9.17, 15) is 24.6 Å². The molecule has 0 spiro atoms. The predicted molar refractivity (Wildman–Crippen MR) is 126 cm³/mol. The molecule has 1 saturated heterocycles. The predicted octanol–water partition coefficient (Wildman–Crippen LogP) is 3.09. The molecule has 34 heavy (non-hydrogen) atoms. The summed E-state index contributed by atoms with van der Waals surface area (Å²) in [7, 11) is 0.